The van der Waals surface area contributed by atoms with Crippen LogP contribution in [0.2, 0.25) is 0 Å². The highest BCUT2D eigenvalue weighted by Gasteiger charge is 2.12. The third kappa shape index (κ3) is 1.99. The van der Waals surface area contributed by atoms with Crippen molar-refractivity contribution in [3.05, 3.63) is 30.2 Å². The first-order valence-corrected chi connectivity index (χ1v) is 6.82. The fourth-order valence-corrected chi connectivity index (χ4v) is 2.58. The van der Waals surface area contributed by atoms with E-state index in [4.69, 9.17) is 0 Å². The Morgan fingerprint density at radius 2 is 2.22 bits per heavy atom. The minimum absolute atomic E-state index is 0.835. The predicted molar refractivity (Wildman–Crippen MR) is 70.5 cm³/mol. The van der Waals surface area contributed by atoms with Gasteiger partial charge in [0.25, 0.3) is 0 Å². The fraction of sp³-hybridized carbons (Fsp3) is 0.333. The standard InChI is InChI=1S/C12H13N5S/c1-2-3-7-10-14-15-12-17(10)16-11(18-12)9-6-4-5-8-13-9/h4-6,8H,2-3,7H2,1H3. The van der Waals surface area contributed by atoms with E-state index in [1.807, 2.05) is 22.7 Å². The normalized spacial score (nSPS) is 11.2. The Bertz CT molecular complexity index is 643. The number of unbranched alkanes of at least 4 members (excludes halogenated alkanes) is 1. The minimum atomic E-state index is 0.835. The molecule has 5 nitrogen and oxygen atoms in total. The minimum Gasteiger partial charge on any atom is -0.254 e. The van der Waals surface area contributed by atoms with Gasteiger partial charge in [0, 0.05) is 12.6 Å². The van der Waals surface area contributed by atoms with Crippen molar-refractivity contribution >= 4 is 16.3 Å². The molecule has 0 saturated carbocycles. The Labute approximate surface area is 109 Å². The summed E-state index contributed by atoms with van der Waals surface area (Å²) in [5, 5.41) is 13.8. The van der Waals surface area contributed by atoms with Gasteiger partial charge in [-0.25, -0.2) is 0 Å². The number of hydrogen-bond donors (Lipinski definition) is 0. The van der Waals surface area contributed by atoms with E-state index >= 15 is 0 Å². The van der Waals surface area contributed by atoms with Crippen LogP contribution in [0.4, 0.5) is 0 Å². The van der Waals surface area contributed by atoms with Crippen LogP contribution in [0.25, 0.3) is 15.7 Å². The molecule has 0 aromatic carbocycles. The van der Waals surface area contributed by atoms with Gasteiger partial charge in [0.2, 0.25) is 4.96 Å². The van der Waals surface area contributed by atoms with E-state index in [0.717, 1.165) is 40.7 Å². The molecule has 0 saturated heterocycles. The van der Waals surface area contributed by atoms with Crippen LogP contribution < -0.4 is 0 Å². The van der Waals surface area contributed by atoms with Crippen molar-refractivity contribution in [3.8, 4) is 10.7 Å². The van der Waals surface area contributed by atoms with Crippen LogP contribution in [0.15, 0.2) is 24.4 Å². The molecule has 0 bridgehead atoms. The van der Waals surface area contributed by atoms with Crippen LogP contribution >= 0.6 is 11.3 Å². The summed E-state index contributed by atoms with van der Waals surface area (Å²) in [5.41, 5.74) is 0.884. The van der Waals surface area contributed by atoms with Gasteiger partial charge in [0.15, 0.2) is 10.8 Å². The molecule has 18 heavy (non-hydrogen) atoms. The van der Waals surface area contributed by atoms with Crippen LogP contribution in [-0.4, -0.2) is 24.8 Å². The van der Waals surface area contributed by atoms with Crippen molar-refractivity contribution in [2.45, 2.75) is 26.2 Å². The molecule has 0 aliphatic heterocycles. The number of aryl methyl sites for hydroxylation is 1. The number of pyridine rings is 1. The van der Waals surface area contributed by atoms with Crippen LogP contribution in [0.1, 0.15) is 25.6 Å². The third-order valence-electron chi connectivity index (χ3n) is 2.69. The molecule has 0 N–H and O–H groups in total. The zero-order chi connectivity index (χ0) is 12.4. The van der Waals surface area contributed by atoms with Crippen LogP contribution in [0.3, 0.4) is 0 Å². The Morgan fingerprint density at radius 1 is 1.28 bits per heavy atom. The van der Waals surface area contributed by atoms with Crippen LogP contribution in [-0.2, 0) is 6.42 Å². The summed E-state index contributed by atoms with van der Waals surface area (Å²) >= 11 is 1.52. The Kier molecular flexibility index (Phi) is 3.02. The second-order valence-electron chi connectivity index (χ2n) is 4.04. The molecule has 0 aliphatic carbocycles. The molecule has 0 unspecified atom stereocenters. The summed E-state index contributed by atoms with van der Waals surface area (Å²) in [7, 11) is 0. The SMILES string of the molecule is CCCCc1nnc2sc(-c3ccccn3)nn12. The molecule has 3 rings (SSSR count). The zero-order valence-electron chi connectivity index (χ0n) is 10.1. The third-order valence-corrected chi connectivity index (χ3v) is 3.61. The van der Waals surface area contributed by atoms with Crippen molar-refractivity contribution in [2.24, 2.45) is 0 Å². The number of rotatable bonds is 4. The van der Waals surface area contributed by atoms with E-state index in [0.29, 0.717) is 0 Å². The van der Waals surface area contributed by atoms with Crippen LogP contribution in [0, 0.1) is 0 Å². The van der Waals surface area contributed by atoms with Crippen LogP contribution in [0.5, 0.6) is 0 Å². The zero-order valence-corrected chi connectivity index (χ0v) is 10.9. The maximum atomic E-state index is 4.54. The highest BCUT2D eigenvalue weighted by atomic mass is 32.1. The van der Waals surface area contributed by atoms with Crippen molar-refractivity contribution < 1.29 is 0 Å². The summed E-state index contributed by atoms with van der Waals surface area (Å²) < 4.78 is 1.84. The van der Waals surface area contributed by atoms with E-state index in [2.05, 4.69) is 27.2 Å². The van der Waals surface area contributed by atoms with E-state index in [1.165, 1.54) is 11.3 Å². The van der Waals surface area contributed by atoms with E-state index in [1.54, 1.807) is 6.20 Å². The van der Waals surface area contributed by atoms with E-state index in [-0.39, 0.29) is 0 Å². The van der Waals surface area contributed by atoms with Gasteiger partial charge < -0.3 is 0 Å². The maximum Gasteiger partial charge on any atom is 0.235 e. The molecule has 0 spiro atoms. The Hall–Kier alpha value is -1.82. The Balaban J connectivity index is 1.99. The van der Waals surface area contributed by atoms with Gasteiger partial charge in [-0.3, -0.25) is 4.98 Å². The molecule has 3 aromatic rings. The highest BCUT2D eigenvalue weighted by Crippen LogP contribution is 2.23. The lowest BCUT2D eigenvalue weighted by Gasteiger charge is -1.94. The first kappa shape index (κ1) is 11.3. The van der Waals surface area contributed by atoms with Gasteiger partial charge in [-0.2, -0.15) is 9.61 Å². The first-order valence-electron chi connectivity index (χ1n) is 6.01. The molecule has 6 heteroatoms. The van der Waals surface area contributed by atoms with Gasteiger partial charge in [-0.15, -0.1) is 10.2 Å². The molecule has 0 amide bonds. The fourth-order valence-electron chi connectivity index (χ4n) is 1.74. The van der Waals surface area contributed by atoms with Gasteiger partial charge >= 0.3 is 0 Å². The van der Waals surface area contributed by atoms with Gasteiger partial charge in [-0.1, -0.05) is 30.7 Å². The average molecular weight is 259 g/mol. The smallest absolute Gasteiger partial charge is 0.235 e. The summed E-state index contributed by atoms with van der Waals surface area (Å²) in [6.45, 7) is 2.17. The molecule has 3 aromatic heterocycles. The monoisotopic (exact) mass is 259 g/mol. The lowest BCUT2D eigenvalue weighted by Crippen LogP contribution is -1.96. The molecular formula is C12H13N5S. The highest BCUT2D eigenvalue weighted by molar-refractivity contribution is 7.19. The summed E-state index contributed by atoms with van der Waals surface area (Å²) in [6.07, 6.45) is 4.95. The molecule has 0 radical (unpaired) electrons. The number of fused-ring (bicyclic) bond motifs is 1. The predicted octanol–water partition coefficient (Wildman–Crippen LogP) is 2.59. The number of hydrogen-bond acceptors (Lipinski definition) is 5. The van der Waals surface area contributed by atoms with E-state index in [9.17, 15) is 0 Å². The molecule has 0 aliphatic rings. The molecule has 0 atom stereocenters. The van der Waals surface area contributed by atoms with Gasteiger partial charge in [0.1, 0.15) is 5.69 Å². The second-order valence-corrected chi connectivity index (χ2v) is 4.99. The quantitative estimate of drug-likeness (QED) is 0.722. The van der Waals surface area contributed by atoms with Crippen molar-refractivity contribution in [1.82, 2.24) is 24.8 Å². The maximum absolute atomic E-state index is 4.54. The topological polar surface area (TPSA) is 56.0 Å². The molecular weight excluding hydrogens is 246 g/mol. The molecule has 3 heterocycles. The second kappa shape index (κ2) is 4.81. The van der Waals surface area contributed by atoms with Gasteiger partial charge in [-0.05, 0) is 18.6 Å². The lowest BCUT2D eigenvalue weighted by atomic mass is 10.2. The van der Waals surface area contributed by atoms with Gasteiger partial charge in [0.05, 0.1) is 0 Å². The summed E-state index contributed by atoms with van der Waals surface area (Å²) in [6, 6.07) is 5.82. The lowest BCUT2D eigenvalue weighted by molar-refractivity contribution is 0.723. The Morgan fingerprint density at radius 3 is 3.00 bits per heavy atom. The molecule has 0 fully saturated rings. The summed E-state index contributed by atoms with van der Waals surface area (Å²) in [4.78, 5) is 5.14. The number of nitrogens with zero attached hydrogens (tertiary/aromatic N) is 5. The average Bonchev–Trinajstić information content (AvgIpc) is 2.98. The summed E-state index contributed by atoms with van der Waals surface area (Å²) in [5.74, 6) is 0.935. The first-order chi connectivity index (χ1) is 8.88. The van der Waals surface area contributed by atoms with E-state index < -0.39 is 0 Å². The van der Waals surface area contributed by atoms with Crippen molar-refractivity contribution in [2.75, 3.05) is 0 Å². The largest absolute Gasteiger partial charge is 0.254 e. The number of aromatic nitrogens is 5. The van der Waals surface area contributed by atoms with Crippen molar-refractivity contribution in [3.63, 3.8) is 0 Å². The molecule has 92 valence electrons. The van der Waals surface area contributed by atoms with Crippen molar-refractivity contribution in [1.29, 1.82) is 0 Å².